The maximum absolute atomic E-state index is 11.3. The Bertz CT molecular complexity index is 311. The van der Waals surface area contributed by atoms with E-state index in [4.69, 9.17) is 0 Å². The minimum absolute atomic E-state index is 0.149. The van der Waals surface area contributed by atoms with Crippen LogP contribution in [0.2, 0.25) is 0 Å². The summed E-state index contributed by atoms with van der Waals surface area (Å²) in [7, 11) is 0. The van der Waals surface area contributed by atoms with E-state index < -0.39 is 0 Å². The quantitative estimate of drug-likeness (QED) is 0.771. The average molecular weight is 237 g/mol. The van der Waals surface area contributed by atoms with E-state index in [1.807, 2.05) is 32.0 Å². The molecule has 3 heteroatoms. The van der Waals surface area contributed by atoms with Gasteiger partial charge in [0.25, 0.3) is 0 Å². The molecule has 0 heterocycles. The van der Waals surface area contributed by atoms with E-state index in [0.29, 0.717) is 6.42 Å². The molecule has 0 atom stereocenters. The Morgan fingerprint density at radius 2 is 2.00 bits per heavy atom. The second-order valence-electron chi connectivity index (χ2n) is 4.01. The molecule has 0 bridgehead atoms. The van der Waals surface area contributed by atoms with Gasteiger partial charge in [0.15, 0.2) is 0 Å². The molecular formula is C13H19NOS. The summed E-state index contributed by atoms with van der Waals surface area (Å²) >= 11 is 1.80. The van der Waals surface area contributed by atoms with Crippen LogP contribution < -0.4 is 5.32 Å². The fraction of sp³-hybridized carbons (Fsp3) is 0.462. The van der Waals surface area contributed by atoms with Crippen LogP contribution in [0.15, 0.2) is 30.3 Å². The van der Waals surface area contributed by atoms with Crippen LogP contribution in [0.5, 0.6) is 0 Å². The second kappa shape index (κ2) is 7.34. The molecule has 0 radical (unpaired) electrons. The Morgan fingerprint density at radius 3 is 2.62 bits per heavy atom. The monoisotopic (exact) mass is 237 g/mol. The summed E-state index contributed by atoms with van der Waals surface area (Å²) in [5.41, 5.74) is 1.32. The zero-order chi connectivity index (χ0) is 11.8. The first-order valence-electron chi connectivity index (χ1n) is 5.59. The minimum atomic E-state index is 0.149. The smallest absolute Gasteiger partial charge is 0.221 e. The molecule has 0 aromatic heterocycles. The van der Waals surface area contributed by atoms with Crippen molar-refractivity contribution in [3.8, 4) is 0 Å². The van der Waals surface area contributed by atoms with Gasteiger partial charge in [0.1, 0.15) is 0 Å². The normalized spacial score (nSPS) is 10.4. The van der Waals surface area contributed by atoms with Crippen LogP contribution in [0.25, 0.3) is 0 Å². The molecule has 0 saturated heterocycles. The van der Waals surface area contributed by atoms with Gasteiger partial charge in [0.05, 0.1) is 0 Å². The van der Waals surface area contributed by atoms with E-state index in [1.54, 1.807) is 11.8 Å². The molecule has 2 nitrogen and oxygen atoms in total. The van der Waals surface area contributed by atoms with Gasteiger partial charge in [-0.05, 0) is 19.4 Å². The number of carbonyl (C=O) groups is 1. The SMILES string of the molecule is CC(C)NC(=O)CCSCc1ccccc1. The number of benzene rings is 1. The molecular weight excluding hydrogens is 218 g/mol. The van der Waals surface area contributed by atoms with Crippen LogP contribution in [-0.4, -0.2) is 17.7 Å². The van der Waals surface area contributed by atoms with E-state index in [1.165, 1.54) is 5.56 Å². The summed E-state index contributed by atoms with van der Waals surface area (Å²) in [6, 6.07) is 10.6. The zero-order valence-corrected chi connectivity index (χ0v) is 10.7. The van der Waals surface area contributed by atoms with Gasteiger partial charge in [0.2, 0.25) is 5.91 Å². The third-order valence-corrected chi connectivity index (χ3v) is 3.06. The second-order valence-corrected chi connectivity index (χ2v) is 5.12. The van der Waals surface area contributed by atoms with Crippen molar-refractivity contribution in [1.82, 2.24) is 5.32 Å². The summed E-state index contributed by atoms with van der Waals surface area (Å²) < 4.78 is 0. The first kappa shape index (κ1) is 13.1. The van der Waals surface area contributed by atoms with Crippen LogP contribution in [0, 0.1) is 0 Å². The van der Waals surface area contributed by atoms with Crippen LogP contribution in [0.3, 0.4) is 0 Å². The topological polar surface area (TPSA) is 29.1 Å². The third-order valence-electron chi connectivity index (χ3n) is 2.03. The van der Waals surface area contributed by atoms with Gasteiger partial charge in [-0.3, -0.25) is 4.79 Å². The van der Waals surface area contributed by atoms with Crippen molar-refractivity contribution in [2.24, 2.45) is 0 Å². The molecule has 1 aromatic carbocycles. The van der Waals surface area contributed by atoms with Gasteiger partial charge in [-0.2, -0.15) is 11.8 Å². The first-order chi connectivity index (χ1) is 7.68. The van der Waals surface area contributed by atoms with Gasteiger partial charge < -0.3 is 5.32 Å². The summed E-state index contributed by atoms with van der Waals surface area (Å²) in [4.78, 5) is 11.3. The van der Waals surface area contributed by atoms with E-state index in [-0.39, 0.29) is 11.9 Å². The van der Waals surface area contributed by atoms with Gasteiger partial charge in [0, 0.05) is 24.0 Å². The van der Waals surface area contributed by atoms with Gasteiger partial charge in [-0.25, -0.2) is 0 Å². The number of hydrogen-bond donors (Lipinski definition) is 1. The van der Waals surface area contributed by atoms with Crippen LogP contribution in [0.4, 0.5) is 0 Å². The van der Waals surface area contributed by atoms with Crippen molar-refractivity contribution >= 4 is 17.7 Å². The number of amides is 1. The van der Waals surface area contributed by atoms with Crippen molar-refractivity contribution in [2.45, 2.75) is 32.1 Å². The number of rotatable bonds is 6. The predicted octanol–water partition coefficient (Wildman–Crippen LogP) is 2.83. The molecule has 0 spiro atoms. The van der Waals surface area contributed by atoms with Crippen LogP contribution in [0.1, 0.15) is 25.8 Å². The molecule has 1 N–H and O–H groups in total. The highest BCUT2D eigenvalue weighted by Crippen LogP contribution is 2.12. The molecule has 16 heavy (non-hydrogen) atoms. The summed E-state index contributed by atoms with van der Waals surface area (Å²) in [6.07, 6.45) is 0.607. The highest BCUT2D eigenvalue weighted by atomic mass is 32.2. The van der Waals surface area contributed by atoms with E-state index in [9.17, 15) is 4.79 Å². The fourth-order valence-electron chi connectivity index (χ4n) is 1.32. The first-order valence-corrected chi connectivity index (χ1v) is 6.75. The van der Waals surface area contributed by atoms with E-state index in [0.717, 1.165) is 11.5 Å². The van der Waals surface area contributed by atoms with Crippen LogP contribution >= 0.6 is 11.8 Å². The maximum Gasteiger partial charge on any atom is 0.221 e. The van der Waals surface area contributed by atoms with Crippen molar-refractivity contribution in [3.05, 3.63) is 35.9 Å². The summed E-state index contributed by atoms with van der Waals surface area (Å²) in [5.74, 6) is 2.01. The lowest BCUT2D eigenvalue weighted by molar-refractivity contribution is -0.121. The Balaban J connectivity index is 2.10. The maximum atomic E-state index is 11.3. The Kier molecular flexibility index (Phi) is 6.01. The Morgan fingerprint density at radius 1 is 1.31 bits per heavy atom. The molecule has 1 rings (SSSR count). The standard InChI is InChI=1S/C13H19NOS/c1-11(2)14-13(15)8-9-16-10-12-6-4-3-5-7-12/h3-7,11H,8-10H2,1-2H3,(H,14,15). The van der Waals surface area contributed by atoms with Crippen molar-refractivity contribution < 1.29 is 4.79 Å². The summed E-state index contributed by atoms with van der Waals surface area (Å²) in [6.45, 7) is 3.96. The zero-order valence-electron chi connectivity index (χ0n) is 9.90. The molecule has 88 valence electrons. The predicted molar refractivity (Wildman–Crippen MR) is 70.5 cm³/mol. The molecule has 1 aromatic rings. The van der Waals surface area contributed by atoms with Gasteiger partial charge in [-0.1, -0.05) is 30.3 Å². The van der Waals surface area contributed by atoms with Crippen molar-refractivity contribution in [3.63, 3.8) is 0 Å². The molecule has 0 aliphatic rings. The van der Waals surface area contributed by atoms with Gasteiger partial charge in [-0.15, -0.1) is 0 Å². The van der Waals surface area contributed by atoms with Crippen molar-refractivity contribution in [2.75, 3.05) is 5.75 Å². The molecule has 0 aliphatic heterocycles. The lowest BCUT2D eigenvalue weighted by Gasteiger charge is -2.07. The minimum Gasteiger partial charge on any atom is -0.354 e. The van der Waals surface area contributed by atoms with E-state index >= 15 is 0 Å². The Labute approximate surface area is 102 Å². The van der Waals surface area contributed by atoms with Gasteiger partial charge >= 0.3 is 0 Å². The molecule has 0 aliphatic carbocycles. The average Bonchev–Trinajstić information content (AvgIpc) is 2.25. The van der Waals surface area contributed by atoms with E-state index in [2.05, 4.69) is 17.4 Å². The number of nitrogens with one attached hydrogen (secondary N) is 1. The largest absolute Gasteiger partial charge is 0.354 e. The highest BCUT2D eigenvalue weighted by Gasteiger charge is 2.02. The fourth-order valence-corrected chi connectivity index (χ4v) is 2.23. The molecule has 0 unspecified atom stereocenters. The number of hydrogen-bond acceptors (Lipinski definition) is 2. The lowest BCUT2D eigenvalue weighted by Crippen LogP contribution is -2.30. The molecule has 0 fully saturated rings. The molecule has 0 saturated carbocycles. The number of carbonyl (C=O) groups excluding carboxylic acids is 1. The summed E-state index contributed by atoms with van der Waals surface area (Å²) in [5, 5.41) is 2.89. The van der Waals surface area contributed by atoms with Crippen molar-refractivity contribution in [1.29, 1.82) is 0 Å². The van der Waals surface area contributed by atoms with Crippen LogP contribution in [-0.2, 0) is 10.5 Å². The molecule has 1 amide bonds. The highest BCUT2D eigenvalue weighted by molar-refractivity contribution is 7.98. The lowest BCUT2D eigenvalue weighted by atomic mass is 10.2. The number of thioether (sulfide) groups is 1. The third kappa shape index (κ3) is 5.81. The Hall–Kier alpha value is -0.960.